The molecule has 1 saturated heterocycles. The number of nitrogens with one attached hydrogen (secondary N) is 1. The molecule has 1 aromatic carbocycles. The molecule has 0 radical (unpaired) electrons. The highest BCUT2D eigenvalue weighted by Gasteiger charge is 2.31. The summed E-state index contributed by atoms with van der Waals surface area (Å²) in [6.45, 7) is 8.41. The lowest BCUT2D eigenvalue weighted by molar-refractivity contribution is -0.0620. The Labute approximate surface area is 121 Å². The van der Waals surface area contributed by atoms with E-state index in [1.54, 1.807) is 13.0 Å². The van der Waals surface area contributed by atoms with E-state index in [0.29, 0.717) is 11.6 Å². The zero-order valence-corrected chi connectivity index (χ0v) is 12.8. The first-order valence-electron chi connectivity index (χ1n) is 7.30. The Morgan fingerprint density at radius 1 is 1.45 bits per heavy atom. The number of rotatable bonds is 4. The summed E-state index contributed by atoms with van der Waals surface area (Å²) in [6, 6.07) is 6.02. The van der Waals surface area contributed by atoms with Gasteiger partial charge in [-0.25, -0.2) is 4.39 Å². The van der Waals surface area contributed by atoms with Crippen LogP contribution < -0.4 is 5.32 Å². The van der Waals surface area contributed by atoms with Crippen LogP contribution in [0.1, 0.15) is 31.0 Å². The van der Waals surface area contributed by atoms with E-state index in [1.165, 1.54) is 0 Å². The third kappa shape index (κ3) is 3.57. The lowest BCUT2D eigenvalue weighted by atomic mass is 9.97. The molecule has 4 heteroatoms. The van der Waals surface area contributed by atoms with Gasteiger partial charge in [-0.3, -0.25) is 4.90 Å². The first-order chi connectivity index (χ1) is 9.49. The zero-order chi connectivity index (χ0) is 14.7. The van der Waals surface area contributed by atoms with Crippen LogP contribution in [-0.4, -0.2) is 43.8 Å². The highest BCUT2D eigenvalue weighted by Crippen LogP contribution is 2.29. The van der Waals surface area contributed by atoms with E-state index < -0.39 is 0 Å². The molecule has 1 fully saturated rings. The smallest absolute Gasteiger partial charge is 0.126 e. The van der Waals surface area contributed by atoms with Crippen LogP contribution in [-0.2, 0) is 4.74 Å². The molecular formula is C16H25FN2O. The average molecular weight is 280 g/mol. The van der Waals surface area contributed by atoms with Crippen LogP contribution in [0, 0.1) is 12.7 Å². The van der Waals surface area contributed by atoms with Crippen LogP contribution >= 0.6 is 0 Å². The second-order valence-electron chi connectivity index (χ2n) is 5.91. The number of hydrogen-bond acceptors (Lipinski definition) is 3. The lowest BCUT2D eigenvalue weighted by Crippen LogP contribution is -2.48. The molecule has 0 saturated carbocycles. The van der Waals surface area contributed by atoms with Gasteiger partial charge in [0.15, 0.2) is 0 Å². The Balaban J connectivity index is 2.20. The number of aryl methyl sites for hydroxylation is 1. The Hall–Kier alpha value is -0.970. The largest absolute Gasteiger partial charge is 0.374 e. The predicted octanol–water partition coefficient (Wildman–Crippen LogP) is 2.50. The molecule has 1 aromatic rings. The van der Waals surface area contributed by atoms with E-state index in [2.05, 4.69) is 31.1 Å². The van der Waals surface area contributed by atoms with Crippen molar-refractivity contribution in [1.82, 2.24) is 10.2 Å². The van der Waals surface area contributed by atoms with Crippen molar-refractivity contribution in [3.63, 3.8) is 0 Å². The number of nitrogens with zero attached hydrogens (tertiary/aromatic N) is 1. The number of likely N-dealkylation sites (N-methyl/N-ethyl adjacent to an activating group) is 1. The number of morpholine rings is 1. The molecule has 1 heterocycles. The van der Waals surface area contributed by atoms with Gasteiger partial charge in [-0.2, -0.15) is 0 Å². The molecule has 0 spiro atoms. The van der Waals surface area contributed by atoms with Crippen molar-refractivity contribution in [3.8, 4) is 0 Å². The predicted molar refractivity (Wildman–Crippen MR) is 79.4 cm³/mol. The van der Waals surface area contributed by atoms with Crippen molar-refractivity contribution < 1.29 is 9.13 Å². The number of ether oxygens (including phenoxy) is 1. The van der Waals surface area contributed by atoms with E-state index in [-0.39, 0.29) is 18.0 Å². The molecule has 2 atom stereocenters. The second-order valence-corrected chi connectivity index (χ2v) is 5.91. The molecular weight excluding hydrogens is 255 g/mol. The Morgan fingerprint density at radius 2 is 2.20 bits per heavy atom. The average Bonchev–Trinajstić information content (AvgIpc) is 2.40. The molecule has 0 aliphatic carbocycles. The first-order valence-corrected chi connectivity index (χ1v) is 7.30. The quantitative estimate of drug-likeness (QED) is 0.917. The molecule has 0 aromatic heterocycles. The van der Waals surface area contributed by atoms with Gasteiger partial charge < -0.3 is 10.1 Å². The summed E-state index contributed by atoms with van der Waals surface area (Å²) in [7, 11) is 2.08. The molecule has 1 aliphatic heterocycles. The van der Waals surface area contributed by atoms with E-state index in [1.807, 2.05) is 12.1 Å². The topological polar surface area (TPSA) is 24.5 Å². The maximum atomic E-state index is 13.8. The zero-order valence-electron chi connectivity index (χ0n) is 12.8. The summed E-state index contributed by atoms with van der Waals surface area (Å²) < 4.78 is 19.7. The van der Waals surface area contributed by atoms with Crippen molar-refractivity contribution in [1.29, 1.82) is 0 Å². The van der Waals surface area contributed by atoms with E-state index in [4.69, 9.17) is 4.74 Å². The normalized spacial score (nSPS) is 24.3. The number of hydrogen-bond donors (Lipinski definition) is 1. The Kier molecular flexibility index (Phi) is 5.13. The maximum Gasteiger partial charge on any atom is 0.126 e. The van der Waals surface area contributed by atoms with Gasteiger partial charge in [0.2, 0.25) is 0 Å². The molecule has 2 rings (SSSR count). The highest BCUT2D eigenvalue weighted by molar-refractivity contribution is 5.27. The molecule has 0 amide bonds. The van der Waals surface area contributed by atoms with Gasteiger partial charge in [0.1, 0.15) is 5.82 Å². The highest BCUT2D eigenvalue weighted by atomic mass is 19.1. The van der Waals surface area contributed by atoms with Gasteiger partial charge >= 0.3 is 0 Å². The van der Waals surface area contributed by atoms with Crippen molar-refractivity contribution in [2.75, 3.05) is 26.7 Å². The molecule has 1 aliphatic rings. The standard InChI is InChI=1S/C16H25FN2O/c1-11(2)18-10-15-16(19(4)7-8-20-15)13-6-5-12(3)14(17)9-13/h5-6,9,11,15-16,18H,7-8,10H2,1-4H3. The van der Waals surface area contributed by atoms with E-state index in [9.17, 15) is 4.39 Å². The van der Waals surface area contributed by atoms with Crippen LogP contribution in [0.2, 0.25) is 0 Å². The van der Waals surface area contributed by atoms with Gasteiger partial charge in [0.05, 0.1) is 18.8 Å². The summed E-state index contributed by atoms with van der Waals surface area (Å²) in [5, 5.41) is 3.42. The van der Waals surface area contributed by atoms with Crippen molar-refractivity contribution >= 4 is 0 Å². The van der Waals surface area contributed by atoms with Crippen LogP contribution in [0.4, 0.5) is 4.39 Å². The Morgan fingerprint density at radius 3 is 2.85 bits per heavy atom. The molecule has 0 bridgehead atoms. The SMILES string of the molecule is Cc1ccc(C2C(CNC(C)C)OCCN2C)cc1F. The first kappa shape index (κ1) is 15.4. The fourth-order valence-corrected chi connectivity index (χ4v) is 2.65. The third-order valence-electron chi connectivity index (χ3n) is 3.87. The Bertz CT molecular complexity index is 450. The molecule has 112 valence electrons. The monoisotopic (exact) mass is 280 g/mol. The second kappa shape index (κ2) is 6.66. The van der Waals surface area contributed by atoms with Crippen molar-refractivity contribution in [3.05, 3.63) is 35.1 Å². The minimum absolute atomic E-state index is 0.0539. The van der Waals surface area contributed by atoms with Crippen molar-refractivity contribution in [2.45, 2.75) is 39.0 Å². The molecule has 1 N–H and O–H groups in total. The summed E-state index contributed by atoms with van der Waals surface area (Å²) in [6.07, 6.45) is 0.0539. The van der Waals surface area contributed by atoms with Crippen LogP contribution in [0.25, 0.3) is 0 Å². The minimum Gasteiger partial charge on any atom is -0.374 e. The van der Waals surface area contributed by atoms with Crippen molar-refractivity contribution in [2.24, 2.45) is 0 Å². The lowest BCUT2D eigenvalue weighted by Gasteiger charge is -2.40. The van der Waals surface area contributed by atoms with Crippen LogP contribution in [0.5, 0.6) is 0 Å². The molecule has 20 heavy (non-hydrogen) atoms. The summed E-state index contributed by atoms with van der Waals surface area (Å²) in [4.78, 5) is 2.25. The fourth-order valence-electron chi connectivity index (χ4n) is 2.65. The van der Waals surface area contributed by atoms with Gasteiger partial charge in [-0.15, -0.1) is 0 Å². The van der Waals surface area contributed by atoms with Gasteiger partial charge in [-0.05, 0) is 31.2 Å². The summed E-state index contributed by atoms with van der Waals surface area (Å²) in [5.74, 6) is -0.142. The molecule has 3 nitrogen and oxygen atoms in total. The van der Waals surface area contributed by atoms with E-state index in [0.717, 1.165) is 25.3 Å². The van der Waals surface area contributed by atoms with Crippen LogP contribution in [0.15, 0.2) is 18.2 Å². The van der Waals surface area contributed by atoms with Gasteiger partial charge in [0, 0.05) is 19.1 Å². The maximum absolute atomic E-state index is 13.8. The van der Waals surface area contributed by atoms with Gasteiger partial charge in [-0.1, -0.05) is 26.0 Å². The third-order valence-corrected chi connectivity index (χ3v) is 3.87. The summed E-state index contributed by atoms with van der Waals surface area (Å²) >= 11 is 0. The minimum atomic E-state index is -0.142. The number of halogens is 1. The van der Waals surface area contributed by atoms with Gasteiger partial charge in [0.25, 0.3) is 0 Å². The van der Waals surface area contributed by atoms with E-state index >= 15 is 0 Å². The fraction of sp³-hybridized carbons (Fsp3) is 0.625. The van der Waals surface area contributed by atoms with Crippen LogP contribution in [0.3, 0.4) is 0 Å². The number of benzene rings is 1. The summed E-state index contributed by atoms with van der Waals surface area (Å²) in [5.41, 5.74) is 1.68. The molecule has 2 unspecified atom stereocenters.